The second kappa shape index (κ2) is 8.77. The molecule has 3 nitrogen and oxygen atoms in total. The first kappa shape index (κ1) is 14.5. The Morgan fingerprint density at radius 2 is 2.06 bits per heavy atom. The molecule has 0 aliphatic heterocycles. The number of carbonyl (C=O) groups excluding carboxylic acids is 1. The van der Waals surface area contributed by atoms with Crippen molar-refractivity contribution in [2.45, 2.75) is 34.1 Å². The van der Waals surface area contributed by atoms with E-state index in [9.17, 15) is 4.79 Å². The van der Waals surface area contributed by atoms with Gasteiger partial charge in [0.05, 0.1) is 6.61 Å². The quantitative estimate of drug-likeness (QED) is 0.841. The number of aryl methyl sites for hydroxylation is 1. The molecule has 1 rings (SSSR count). The first-order chi connectivity index (χ1) is 7.76. The van der Waals surface area contributed by atoms with Gasteiger partial charge in [-0.05, 0) is 31.0 Å². The fourth-order valence-electron chi connectivity index (χ4n) is 1.15. The van der Waals surface area contributed by atoms with E-state index in [2.05, 4.69) is 12.2 Å². The van der Waals surface area contributed by atoms with Crippen molar-refractivity contribution in [3.8, 4) is 0 Å². The molecule has 0 saturated carbocycles. The van der Waals surface area contributed by atoms with Crippen molar-refractivity contribution < 1.29 is 11.0 Å². The maximum absolute atomic E-state index is 11.1. The molecule has 1 aromatic rings. The van der Waals surface area contributed by atoms with Crippen molar-refractivity contribution in [1.82, 2.24) is 0 Å². The summed E-state index contributed by atoms with van der Waals surface area (Å²) in [6.07, 6.45) is 0.555. The van der Waals surface area contributed by atoms with Crippen LogP contribution in [0.25, 0.3) is 0 Å². The molecular formula is C13H23NO2. The lowest BCUT2D eigenvalue weighted by atomic mass is 10.1. The summed E-state index contributed by atoms with van der Waals surface area (Å²) < 4.78 is 4.77. The Balaban J connectivity index is 0. The van der Waals surface area contributed by atoms with Crippen molar-refractivity contribution in [3.05, 3.63) is 29.8 Å². The molecule has 92 valence electrons. The van der Waals surface area contributed by atoms with Crippen LogP contribution in [-0.2, 0) is 11.2 Å². The largest absolute Gasteiger partial charge is 0.450 e. The minimum Gasteiger partial charge on any atom is -0.450 e. The van der Waals surface area contributed by atoms with E-state index < -0.39 is 6.09 Å². The van der Waals surface area contributed by atoms with Gasteiger partial charge in [0.1, 0.15) is 0 Å². The van der Waals surface area contributed by atoms with E-state index in [1.807, 2.05) is 38.1 Å². The average Bonchev–Trinajstić information content (AvgIpc) is 2.32. The lowest BCUT2D eigenvalue weighted by Gasteiger charge is -2.05. The fourth-order valence-corrected chi connectivity index (χ4v) is 1.15. The highest BCUT2D eigenvalue weighted by molar-refractivity contribution is 5.84. The third-order valence-corrected chi connectivity index (χ3v) is 1.86. The van der Waals surface area contributed by atoms with E-state index >= 15 is 0 Å². The second-order valence-corrected chi connectivity index (χ2v) is 2.90. The van der Waals surface area contributed by atoms with E-state index in [-0.39, 0.29) is 1.43 Å². The normalized spacial score (nSPS) is 8.75. The molecule has 0 unspecified atom stereocenters. The number of rotatable bonds is 3. The smallest absolute Gasteiger partial charge is 0.411 e. The molecule has 0 saturated heterocycles. The number of anilines is 1. The summed E-state index contributed by atoms with van der Waals surface area (Å²) in [6.45, 7) is 8.24. The zero-order valence-electron chi connectivity index (χ0n) is 10.5. The van der Waals surface area contributed by atoms with Crippen LogP contribution in [0.1, 0.15) is 34.7 Å². The van der Waals surface area contributed by atoms with Crippen LogP contribution in [0, 0.1) is 0 Å². The van der Waals surface area contributed by atoms with Crippen molar-refractivity contribution in [2.75, 3.05) is 11.9 Å². The molecule has 0 fully saturated rings. The summed E-state index contributed by atoms with van der Waals surface area (Å²) in [5.41, 5.74) is 1.97. The maximum Gasteiger partial charge on any atom is 0.411 e. The van der Waals surface area contributed by atoms with Crippen LogP contribution in [0.5, 0.6) is 0 Å². The standard InChI is InChI=1S/C11H15NO2.C2H6.H2/c1-3-9-6-5-7-10(8-9)12-11(13)14-4-2;1-2;/h5-8H,3-4H2,1-2H3,(H,12,13);1-2H3;1H. The molecule has 0 radical (unpaired) electrons. The van der Waals surface area contributed by atoms with Gasteiger partial charge in [0.15, 0.2) is 0 Å². The Kier molecular flexibility index (Phi) is 7.94. The minimum atomic E-state index is -0.402. The SMILES string of the molecule is CC.CCOC(=O)Nc1cccc(CC)c1.[HH]. The van der Waals surface area contributed by atoms with Crippen LogP contribution in [0.15, 0.2) is 24.3 Å². The van der Waals surface area contributed by atoms with Gasteiger partial charge >= 0.3 is 6.09 Å². The predicted molar refractivity (Wildman–Crippen MR) is 69.9 cm³/mol. The van der Waals surface area contributed by atoms with Crippen LogP contribution in [0.3, 0.4) is 0 Å². The fraction of sp³-hybridized carbons (Fsp3) is 0.462. The van der Waals surface area contributed by atoms with Crippen molar-refractivity contribution >= 4 is 11.8 Å². The van der Waals surface area contributed by atoms with Gasteiger partial charge in [0.2, 0.25) is 0 Å². The van der Waals surface area contributed by atoms with E-state index in [1.165, 1.54) is 5.56 Å². The van der Waals surface area contributed by atoms with Crippen molar-refractivity contribution in [2.24, 2.45) is 0 Å². The first-order valence-electron chi connectivity index (χ1n) is 5.79. The lowest BCUT2D eigenvalue weighted by Crippen LogP contribution is -2.13. The third-order valence-electron chi connectivity index (χ3n) is 1.86. The maximum atomic E-state index is 11.1. The summed E-state index contributed by atoms with van der Waals surface area (Å²) in [5.74, 6) is 0. The van der Waals surface area contributed by atoms with Crippen molar-refractivity contribution in [3.63, 3.8) is 0 Å². The Hall–Kier alpha value is -1.51. The molecule has 1 amide bonds. The molecule has 0 aliphatic rings. The van der Waals surface area contributed by atoms with Gasteiger partial charge in [-0.3, -0.25) is 5.32 Å². The highest BCUT2D eigenvalue weighted by atomic mass is 16.5. The highest BCUT2D eigenvalue weighted by Crippen LogP contribution is 2.11. The second-order valence-electron chi connectivity index (χ2n) is 2.90. The molecule has 16 heavy (non-hydrogen) atoms. The Labute approximate surface area is 99.3 Å². The van der Waals surface area contributed by atoms with Gasteiger partial charge in [-0.2, -0.15) is 0 Å². The van der Waals surface area contributed by atoms with Gasteiger partial charge in [-0.25, -0.2) is 4.79 Å². The minimum absolute atomic E-state index is 0. The number of hydrogen-bond donors (Lipinski definition) is 1. The number of carbonyl (C=O) groups is 1. The van der Waals surface area contributed by atoms with Gasteiger partial charge in [-0.1, -0.05) is 32.9 Å². The lowest BCUT2D eigenvalue weighted by molar-refractivity contribution is 0.168. The number of ether oxygens (including phenoxy) is 1. The molecule has 0 bridgehead atoms. The average molecular weight is 225 g/mol. The molecule has 0 atom stereocenters. The van der Waals surface area contributed by atoms with Gasteiger partial charge in [0.25, 0.3) is 0 Å². The summed E-state index contributed by atoms with van der Waals surface area (Å²) in [7, 11) is 0. The number of amides is 1. The highest BCUT2D eigenvalue weighted by Gasteiger charge is 2.01. The summed E-state index contributed by atoms with van der Waals surface area (Å²) in [4.78, 5) is 11.1. The molecule has 0 heterocycles. The molecular weight excluding hydrogens is 202 g/mol. The van der Waals surface area contributed by atoms with Crippen molar-refractivity contribution in [1.29, 1.82) is 0 Å². The zero-order chi connectivity index (χ0) is 12.4. The molecule has 0 spiro atoms. The Bertz CT molecular complexity index is 316. The van der Waals surface area contributed by atoms with E-state index in [0.717, 1.165) is 12.1 Å². The summed E-state index contributed by atoms with van der Waals surface area (Å²) in [5, 5.41) is 2.66. The van der Waals surface area contributed by atoms with Crippen LogP contribution >= 0.6 is 0 Å². The van der Waals surface area contributed by atoms with Crippen LogP contribution in [0.4, 0.5) is 10.5 Å². The molecule has 3 heteroatoms. The van der Waals surface area contributed by atoms with E-state index in [4.69, 9.17) is 4.74 Å². The van der Waals surface area contributed by atoms with Gasteiger partial charge in [0, 0.05) is 7.11 Å². The molecule has 1 aromatic carbocycles. The Morgan fingerprint density at radius 1 is 1.38 bits per heavy atom. The number of benzene rings is 1. The third kappa shape index (κ3) is 5.39. The number of nitrogens with one attached hydrogen (secondary N) is 1. The monoisotopic (exact) mass is 225 g/mol. The molecule has 0 aliphatic carbocycles. The van der Waals surface area contributed by atoms with E-state index in [1.54, 1.807) is 6.92 Å². The van der Waals surface area contributed by atoms with Gasteiger partial charge in [-0.15, -0.1) is 0 Å². The van der Waals surface area contributed by atoms with E-state index in [0.29, 0.717) is 6.61 Å². The number of hydrogen-bond acceptors (Lipinski definition) is 2. The van der Waals surface area contributed by atoms with Crippen LogP contribution in [0.2, 0.25) is 0 Å². The Morgan fingerprint density at radius 3 is 2.62 bits per heavy atom. The molecule has 0 aromatic heterocycles. The van der Waals surface area contributed by atoms with Gasteiger partial charge < -0.3 is 4.74 Å². The van der Waals surface area contributed by atoms with Crippen LogP contribution in [-0.4, -0.2) is 12.7 Å². The summed E-state index contributed by atoms with van der Waals surface area (Å²) >= 11 is 0. The summed E-state index contributed by atoms with van der Waals surface area (Å²) in [6, 6.07) is 7.73. The van der Waals surface area contributed by atoms with Crippen LogP contribution < -0.4 is 5.32 Å². The predicted octanol–water partition coefficient (Wildman–Crippen LogP) is 4.09. The zero-order valence-corrected chi connectivity index (χ0v) is 10.5. The first-order valence-corrected chi connectivity index (χ1v) is 5.79. The molecule has 1 N–H and O–H groups in total. The topological polar surface area (TPSA) is 38.3 Å².